The SMILES string of the molecule is COCCC(C)(C)NS/C(C#N)=C/c1ccc(N(C)C)cc1. The van der Waals surface area contributed by atoms with Crippen LogP contribution in [0.3, 0.4) is 0 Å². The van der Waals surface area contributed by atoms with Crippen LogP contribution in [0.15, 0.2) is 29.2 Å². The first-order chi connectivity index (χ1) is 10.4. The number of rotatable bonds is 8. The number of nitriles is 1. The molecule has 0 aliphatic carbocycles. The van der Waals surface area contributed by atoms with Crippen molar-refractivity contribution < 1.29 is 4.74 Å². The second-order valence-corrected chi connectivity index (χ2v) is 6.79. The first kappa shape index (κ1) is 18.6. The molecule has 22 heavy (non-hydrogen) atoms. The Bertz CT molecular complexity index is 530. The molecule has 1 rings (SSSR count). The number of nitrogens with one attached hydrogen (secondary N) is 1. The second-order valence-electron chi connectivity index (χ2n) is 5.94. The van der Waals surface area contributed by atoms with Crippen LogP contribution in [-0.2, 0) is 4.74 Å². The van der Waals surface area contributed by atoms with E-state index in [-0.39, 0.29) is 5.54 Å². The van der Waals surface area contributed by atoms with Gasteiger partial charge in [-0.25, -0.2) is 0 Å². The molecule has 0 saturated heterocycles. The first-order valence-corrected chi connectivity index (χ1v) is 8.02. The molecule has 0 aromatic heterocycles. The average molecular weight is 319 g/mol. The summed E-state index contributed by atoms with van der Waals surface area (Å²) in [5.41, 5.74) is 2.07. The second kappa shape index (κ2) is 8.84. The van der Waals surface area contributed by atoms with Crippen LogP contribution in [-0.4, -0.2) is 33.4 Å². The highest BCUT2D eigenvalue weighted by molar-refractivity contribution is 8.01. The summed E-state index contributed by atoms with van der Waals surface area (Å²) in [7, 11) is 5.71. The van der Waals surface area contributed by atoms with Crippen molar-refractivity contribution in [3.8, 4) is 6.07 Å². The third kappa shape index (κ3) is 6.52. The highest BCUT2D eigenvalue weighted by Crippen LogP contribution is 2.22. The van der Waals surface area contributed by atoms with Crippen molar-refractivity contribution in [2.24, 2.45) is 0 Å². The van der Waals surface area contributed by atoms with Gasteiger partial charge in [-0.15, -0.1) is 0 Å². The first-order valence-electron chi connectivity index (χ1n) is 7.20. The van der Waals surface area contributed by atoms with Crippen molar-refractivity contribution in [1.82, 2.24) is 4.72 Å². The number of methoxy groups -OCH3 is 1. The van der Waals surface area contributed by atoms with Gasteiger partial charge in [-0.3, -0.25) is 4.72 Å². The Morgan fingerprint density at radius 2 is 2.00 bits per heavy atom. The number of anilines is 1. The lowest BCUT2D eigenvalue weighted by Gasteiger charge is -2.24. The summed E-state index contributed by atoms with van der Waals surface area (Å²) in [4.78, 5) is 2.69. The minimum Gasteiger partial charge on any atom is -0.385 e. The van der Waals surface area contributed by atoms with Gasteiger partial charge >= 0.3 is 0 Å². The fraction of sp³-hybridized carbons (Fsp3) is 0.471. The van der Waals surface area contributed by atoms with E-state index in [0.29, 0.717) is 11.5 Å². The molecular weight excluding hydrogens is 294 g/mol. The Balaban J connectivity index is 2.69. The van der Waals surface area contributed by atoms with Gasteiger partial charge in [0.25, 0.3) is 0 Å². The Kier molecular flexibility index (Phi) is 7.46. The maximum absolute atomic E-state index is 9.29. The van der Waals surface area contributed by atoms with E-state index in [1.807, 2.05) is 49.3 Å². The lowest BCUT2D eigenvalue weighted by molar-refractivity contribution is 0.173. The van der Waals surface area contributed by atoms with Crippen molar-refractivity contribution >= 4 is 23.7 Å². The highest BCUT2D eigenvalue weighted by atomic mass is 32.2. The predicted octanol–water partition coefficient (Wildman–Crippen LogP) is 3.67. The zero-order valence-electron chi connectivity index (χ0n) is 14.0. The summed E-state index contributed by atoms with van der Waals surface area (Å²) in [5.74, 6) is 0. The molecule has 1 aromatic rings. The van der Waals surface area contributed by atoms with Gasteiger partial charge < -0.3 is 9.64 Å². The summed E-state index contributed by atoms with van der Waals surface area (Å²) < 4.78 is 8.44. The van der Waals surface area contributed by atoms with Crippen LogP contribution in [0, 0.1) is 11.3 Å². The van der Waals surface area contributed by atoms with E-state index in [1.165, 1.54) is 11.9 Å². The molecule has 4 nitrogen and oxygen atoms in total. The summed E-state index contributed by atoms with van der Waals surface area (Å²) in [6.07, 6.45) is 2.77. The molecular formula is C17H25N3OS. The molecule has 0 amide bonds. The van der Waals surface area contributed by atoms with E-state index < -0.39 is 0 Å². The number of nitrogens with zero attached hydrogens (tertiary/aromatic N) is 2. The van der Waals surface area contributed by atoms with E-state index in [0.717, 1.165) is 17.7 Å². The number of benzene rings is 1. The fourth-order valence-corrected chi connectivity index (χ4v) is 2.43. The molecule has 0 aliphatic rings. The Hall–Kier alpha value is -1.48. The van der Waals surface area contributed by atoms with Gasteiger partial charge in [0.1, 0.15) is 11.0 Å². The van der Waals surface area contributed by atoms with Gasteiger partial charge in [0.15, 0.2) is 0 Å². The maximum Gasteiger partial charge on any atom is 0.107 e. The van der Waals surface area contributed by atoms with Gasteiger partial charge in [0, 0.05) is 39.0 Å². The Labute approximate surface area is 138 Å². The molecule has 1 N–H and O–H groups in total. The van der Waals surface area contributed by atoms with Crippen LogP contribution >= 0.6 is 11.9 Å². The summed E-state index contributed by atoms with van der Waals surface area (Å²) in [5, 5.41) is 9.29. The number of ether oxygens (including phenoxy) is 1. The monoisotopic (exact) mass is 319 g/mol. The van der Waals surface area contributed by atoms with Crippen LogP contribution in [0.2, 0.25) is 0 Å². The fourth-order valence-electron chi connectivity index (χ4n) is 1.71. The zero-order chi connectivity index (χ0) is 16.6. The van der Waals surface area contributed by atoms with Crippen LogP contribution in [0.25, 0.3) is 6.08 Å². The van der Waals surface area contributed by atoms with Crippen LogP contribution in [0.4, 0.5) is 5.69 Å². The number of hydrogen-bond acceptors (Lipinski definition) is 5. The van der Waals surface area contributed by atoms with Gasteiger partial charge in [0.2, 0.25) is 0 Å². The normalized spacial score (nSPS) is 12.1. The molecule has 0 radical (unpaired) electrons. The molecule has 1 aromatic carbocycles. The molecule has 120 valence electrons. The van der Waals surface area contributed by atoms with Gasteiger partial charge in [-0.1, -0.05) is 12.1 Å². The average Bonchev–Trinajstić information content (AvgIpc) is 2.50. The summed E-state index contributed by atoms with van der Waals surface area (Å²) in [6, 6.07) is 10.4. The number of hydrogen-bond donors (Lipinski definition) is 1. The van der Waals surface area contributed by atoms with Gasteiger partial charge in [-0.05, 0) is 56.0 Å². The van der Waals surface area contributed by atoms with Gasteiger partial charge in [0.05, 0.1) is 0 Å². The maximum atomic E-state index is 9.29. The zero-order valence-corrected chi connectivity index (χ0v) is 14.8. The van der Waals surface area contributed by atoms with E-state index in [1.54, 1.807) is 7.11 Å². The van der Waals surface area contributed by atoms with Crippen molar-refractivity contribution in [2.45, 2.75) is 25.8 Å². The van der Waals surface area contributed by atoms with E-state index in [2.05, 4.69) is 24.6 Å². The molecule has 0 heterocycles. The van der Waals surface area contributed by atoms with Gasteiger partial charge in [-0.2, -0.15) is 5.26 Å². The van der Waals surface area contributed by atoms with Crippen molar-refractivity contribution in [3.63, 3.8) is 0 Å². The molecule has 5 heteroatoms. The number of allylic oxidation sites excluding steroid dienone is 1. The predicted molar refractivity (Wildman–Crippen MR) is 95.7 cm³/mol. The Morgan fingerprint density at radius 1 is 1.36 bits per heavy atom. The Morgan fingerprint density at radius 3 is 2.50 bits per heavy atom. The molecule has 0 spiro atoms. The molecule has 0 atom stereocenters. The minimum absolute atomic E-state index is 0.0919. The largest absolute Gasteiger partial charge is 0.385 e. The van der Waals surface area contributed by atoms with E-state index in [9.17, 15) is 5.26 Å². The van der Waals surface area contributed by atoms with Crippen molar-refractivity contribution in [1.29, 1.82) is 5.26 Å². The lowest BCUT2D eigenvalue weighted by atomic mass is 10.0. The molecule has 0 unspecified atom stereocenters. The molecule has 0 fully saturated rings. The third-order valence-electron chi connectivity index (χ3n) is 3.19. The lowest BCUT2D eigenvalue weighted by Crippen LogP contribution is -2.35. The molecule has 0 bridgehead atoms. The minimum atomic E-state index is -0.0919. The summed E-state index contributed by atoms with van der Waals surface area (Å²) in [6.45, 7) is 4.89. The standard InChI is InChI=1S/C17H25N3OS/c1-17(2,10-11-21-5)19-22-16(13-18)12-14-6-8-15(9-7-14)20(3)4/h6-9,12,19H,10-11H2,1-5H3/b16-12+. The van der Waals surface area contributed by atoms with Crippen LogP contribution < -0.4 is 9.62 Å². The topological polar surface area (TPSA) is 48.3 Å². The quantitative estimate of drug-likeness (QED) is 0.585. The van der Waals surface area contributed by atoms with Crippen LogP contribution in [0.1, 0.15) is 25.8 Å². The smallest absolute Gasteiger partial charge is 0.107 e. The van der Waals surface area contributed by atoms with Crippen molar-refractivity contribution in [3.05, 3.63) is 34.7 Å². The van der Waals surface area contributed by atoms with E-state index >= 15 is 0 Å². The van der Waals surface area contributed by atoms with Crippen LogP contribution in [0.5, 0.6) is 0 Å². The molecule has 0 aliphatic heterocycles. The molecule has 0 saturated carbocycles. The van der Waals surface area contributed by atoms with E-state index in [4.69, 9.17) is 4.74 Å². The van der Waals surface area contributed by atoms with Crippen molar-refractivity contribution in [2.75, 3.05) is 32.7 Å². The summed E-state index contributed by atoms with van der Waals surface area (Å²) >= 11 is 1.37. The highest BCUT2D eigenvalue weighted by Gasteiger charge is 2.17. The third-order valence-corrected chi connectivity index (χ3v) is 4.27.